The third kappa shape index (κ3) is 1.04. The van der Waals surface area contributed by atoms with Gasteiger partial charge in [0.15, 0.2) is 0 Å². The van der Waals surface area contributed by atoms with Crippen molar-refractivity contribution in [2.24, 2.45) is 11.0 Å². The minimum atomic E-state index is -0.209. The highest BCUT2D eigenvalue weighted by atomic mass is 16.2. The normalized spacial score (nSPS) is 25.7. The van der Waals surface area contributed by atoms with Crippen molar-refractivity contribution in [2.75, 3.05) is 6.54 Å². The van der Waals surface area contributed by atoms with Crippen molar-refractivity contribution in [1.82, 2.24) is 5.32 Å². The molecule has 1 aliphatic rings. The molecule has 0 aliphatic carbocycles. The predicted octanol–water partition coefficient (Wildman–Crippen LogP) is 0.431. The van der Waals surface area contributed by atoms with Crippen LogP contribution in [0.4, 0.5) is 0 Å². The first-order chi connectivity index (χ1) is 4.75. The van der Waals surface area contributed by atoms with Crippen molar-refractivity contribution in [3.63, 3.8) is 0 Å². The van der Waals surface area contributed by atoms with E-state index in [4.69, 9.17) is 5.53 Å². The lowest BCUT2D eigenvalue weighted by Gasteiger charge is -2.28. The van der Waals surface area contributed by atoms with E-state index in [9.17, 15) is 4.79 Å². The van der Waals surface area contributed by atoms with E-state index in [-0.39, 0.29) is 17.9 Å². The summed E-state index contributed by atoms with van der Waals surface area (Å²) in [6.07, 6.45) is 0. The first kappa shape index (κ1) is 6.89. The number of carbonyl (C=O) groups is 1. The predicted molar refractivity (Wildman–Crippen MR) is 35.1 cm³/mol. The molecule has 1 rings (SSSR count). The standard InChI is InChI=1S/C5H8N4O/c1-3(8-9-6)4-2-7-5(4)10/h3-4H,2H2,1H3,(H,7,10). The number of amides is 1. The molecule has 1 saturated heterocycles. The Morgan fingerprint density at radius 2 is 2.70 bits per heavy atom. The summed E-state index contributed by atoms with van der Waals surface area (Å²) in [7, 11) is 0. The van der Waals surface area contributed by atoms with Crippen LogP contribution in [0.1, 0.15) is 6.92 Å². The van der Waals surface area contributed by atoms with Gasteiger partial charge >= 0.3 is 0 Å². The zero-order chi connectivity index (χ0) is 7.56. The van der Waals surface area contributed by atoms with E-state index in [1.807, 2.05) is 0 Å². The van der Waals surface area contributed by atoms with Crippen molar-refractivity contribution in [2.45, 2.75) is 13.0 Å². The number of β-lactam (4-membered cyclic amide) rings is 1. The second-order valence-electron chi connectivity index (χ2n) is 2.30. The van der Waals surface area contributed by atoms with Crippen LogP contribution in [0.15, 0.2) is 5.11 Å². The van der Waals surface area contributed by atoms with Gasteiger partial charge in [0.05, 0.1) is 5.92 Å². The van der Waals surface area contributed by atoms with E-state index in [0.717, 1.165) is 0 Å². The molecule has 5 heteroatoms. The van der Waals surface area contributed by atoms with Crippen LogP contribution in [0.2, 0.25) is 0 Å². The van der Waals surface area contributed by atoms with E-state index in [0.29, 0.717) is 6.54 Å². The summed E-state index contributed by atoms with van der Waals surface area (Å²) in [6, 6.07) is -0.209. The van der Waals surface area contributed by atoms with Crippen LogP contribution in [0, 0.1) is 5.92 Å². The molecule has 0 radical (unpaired) electrons. The number of carbonyl (C=O) groups excluding carboxylic acids is 1. The molecule has 1 N–H and O–H groups in total. The SMILES string of the molecule is CC(N=[N+]=[N-])C1CNC1=O. The summed E-state index contributed by atoms with van der Waals surface area (Å²) in [5.41, 5.74) is 8.02. The molecule has 54 valence electrons. The maximum Gasteiger partial charge on any atom is 0.225 e. The molecule has 10 heavy (non-hydrogen) atoms. The fraction of sp³-hybridized carbons (Fsp3) is 0.800. The minimum Gasteiger partial charge on any atom is -0.355 e. The van der Waals surface area contributed by atoms with E-state index in [1.165, 1.54) is 0 Å². The highest BCUT2D eigenvalue weighted by molar-refractivity contribution is 5.85. The van der Waals surface area contributed by atoms with Gasteiger partial charge in [0.25, 0.3) is 0 Å². The van der Waals surface area contributed by atoms with Crippen LogP contribution in [0.25, 0.3) is 10.4 Å². The lowest BCUT2D eigenvalue weighted by Crippen LogP contribution is -2.52. The fourth-order valence-electron chi connectivity index (χ4n) is 0.855. The molecule has 0 aromatic rings. The minimum absolute atomic E-state index is 0.0140. The summed E-state index contributed by atoms with van der Waals surface area (Å²) < 4.78 is 0. The van der Waals surface area contributed by atoms with Crippen molar-refractivity contribution in [1.29, 1.82) is 0 Å². The molecule has 0 saturated carbocycles. The molecule has 0 aromatic carbocycles. The van der Waals surface area contributed by atoms with E-state index >= 15 is 0 Å². The molecule has 0 spiro atoms. The highest BCUT2D eigenvalue weighted by Gasteiger charge is 2.31. The number of hydrogen-bond donors (Lipinski definition) is 1. The van der Waals surface area contributed by atoms with E-state index < -0.39 is 0 Å². The molecule has 1 aliphatic heterocycles. The largest absolute Gasteiger partial charge is 0.355 e. The molecule has 5 nitrogen and oxygen atoms in total. The Hall–Kier alpha value is -1.22. The molecular weight excluding hydrogens is 132 g/mol. The first-order valence-electron chi connectivity index (χ1n) is 3.07. The Kier molecular flexibility index (Phi) is 1.78. The lowest BCUT2D eigenvalue weighted by molar-refractivity contribution is -0.131. The summed E-state index contributed by atoms with van der Waals surface area (Å²) >= 11 is 0. The van der Waals surface area contributed by atoms with Gasteiger partial charge in [-0.2, -0.15) is 0 Å². The Morgan fingerprint density at radius 3 is 3.00 bits per heavy atom. The van der Waals surface area contributed by atoms with Crippen LogP contribution >= 0.6 is 0 Å². The van der Waals surface area contributed by atoms with Gasteiger partial charge in [0, 0.05) is 17.5 Å². The van der Waals surface area contributed by atoms with Crippen molar-refractivity contribution in [3.8, 4) is 0 Å². The highest BCUT2D eigenvalue weighted by Crippen LogP contribution is 2.13. The van der Waals surface area contributed by atoms with Crippen LogP contribution < -0.4 is 5.32 Å². The molecule has 2 atom stereocenters. The van der Waals surface area contributed by atoms with Crippen molar-refractivity contribution < 1.29 is 4.79 Å². The molecule has 1 amide bonds. The number of nitrogens with one attached hydrogen (secondary N) is 1. The Morgan fingerprint density at radius 1 is 2.00 bits per heavy atom. The summed E-state index contributed by atoms with van der Waals surface area (Å²) in [4.78, 5) is 13.3. The van der Waals surface area contributed by atoms with Crippen LogP contribution in [-0.4, -0.2) is 18.5 Å². The number of rotatable bonds is 2. The van der Waals surface area contributed by atoms with Gasteiger partial charge in [-0.1, -0.05) is 12.0 Å². The third-order valence-corrected chi connectivity index (χ3v) is 1.65. The summed E-state index contributed by atoms with van der Waals surface area (Å²) in [6.45, 7) is 2.38. The van der Waals surface area contributed by atoms with Gasteiger partial charge in [-0.3, -0.25) is 4.79 Å². The van der Waals surface area contributed by atoms with Crippen LogP contribution in [0.3, 0.4) is 0 Å². The Labute approximate surface area is 58.0 Å². The Balaban J connectivity index is 2.48. The van der Waals surface area contributed by atoms with Gasteiger partial charge < -0.3 is 5.32 Å². The zero-order valence-corrected chi connectivity index (χ0v) is 5.61. The molecular formula is C5H8N4O. The molecule has 0 aromatic heterocycles. The quantitative estimate of drug-likeness (QED) is 0.257. The van der Waals surface area contributed by atoms with Crippen LogP contribution in [0.5, 0.6) is 0 Å². The topological polar surface area (TPSA) is 77.9 Å². The molecule has 1 heterocycles. The molecule has 2 unspecified atom stereocenters. The number of nitrogens with zero attached hydrogens (tertiary/aromatic N) is 3. The molecule has 0 bridgehead atoms. The van der Waals surface area contributed by atoms with Gasteiger partial charge in [-0.05, 0) is 5.53 Å². The summed E-state index contributed by atoms with van der Waals surface area (Å²) in [5.74, 6) is -0.115. The van der Waals surface area contributed by atoms with Gasteiger partial charge in [0.2, 0.25) is 5.91 Å². The van der Waals surface area contributed by atoms with Crippen LogP contribution in [-0.2, 0) is 4.79 Å². The number of hydrogen-bond acceptors (Lipinski definition) is 2. The van der Waals surface area contributed by atoms with Gasteiger partial charge in [-0.25, -0.2) is 0 Å². The second-order valence-corrected chi connectivity index (χ2v) is 2.30. The lowest BCUT2D eigenvalue weighted by atomic mass is 9.95. The maximum atomic E-state index is 10.7. The second kappa shape index (κ2) is 2.58. The average Bonchev–Trinajstić information content (AvgIpc) is 1.85. The van der Waals surface area contributed by atoms with Gasteiger partial charge in [-0.15, -0.1) is 0 Å². The van der Waals surface area contributed by atoms with Crippen molar-refractivity contribution in [3.05, 3.63) is 10.4 Å². The van der Waals surface area contributed by atoms with E-state index in [1.54, 1.807) is 6.92 Å². The number of azide groups is 1. The average molecular weight is 140 g/mol. The summed E-state index contributed by atoms with van der Waals surface area (Å²) in [5, 5.41) is 5.99. The third-order valence-electron chi connectivity index (χ3n) is 1.65. The van der Waals surface area contributed by atoms with Crippen molar-refractivity contribution >= 4 is 5.91 Å². The van der Waals surface area contributed by atoms with E-state index in [2.05, 4.69) is 15.3 Å². The fourth-order valence-corrected chi connectivity index (χ4v) is 0.855. The van der Waals surface area contributed by atoms with Gasteiger partial charge in [0.1, 0.15) is 0 Å². The monoisotopic (exact) mass is 140 g/mol. The smallest absolute Gasteiger partial charge is 0.225 e. The maximum absolute atomic E-state index is 10.7. The zero-order valence-electron chi connectivity index (χ0n) is 5.61. The first-order valence-corrected chi connectivity index (χ1v) is 3.07. The Bertz CT molecular complexity index is 194. The molecule has 1 fully saturated rings.